The summed E-state index contributed by atoms with van der Waals surface area (Å²) in [6.07, 6.45) is 2.56. The number of nitrogens with zero attached hydrogens (tertiary/aromatic N) is 2. The topological polar surface area (TPSA) is 42.3 Å². The first-order chi connectivity index (χ1) is 10.4. The minimum atomic E-state index is -3.58. The second-order valence-electron chi connectivity index (χ2n) is 5.21. The first-order valence-electron chi connectivity index (χ1n) is 6.62. The fourth-order valence-electron chi connectivity index (χ4n) is 2.24. The molecule has 0 aliphatic rings. The maximum Gasteiger partial charge on any atom is 0.278 e. The van der Waals surface area contributed by atoms with Gasteiger partial charge in [-0.2, -0.15) is 8.42 Å². The van der Waals surface area contributed by atoms with E-state index in [1.165, 1.54) is 15.3 Å². The molecule has 3 aromatic rings. The van der Waals surface area contributed by atoms with E-state index in [4.69, 9.17) is 11.6 Å². The Labute approximate surface area is 142 Å². The van der Waals surface area contributed by atoms with Crippen LogP contribution >= 0.6 is 34.3 Å². The van der Waals surface area contributed by atoms with Crippen LogP contribution in [0.25, 0.3) is 10.2 Å². The molecule has 3 rings (SSSR count). The fourth-order valence-corrected chi connectivity index (χ4v) is 6.34. The summed E-state index contributed by atoms with van der Waals surface area (Å²) in [5.41, 5.74) is 1.05. The molecule has 0 aliphatic heterocycles. The summed E-state index contributed by atoms with van der Waals surface area (Å²) < 4.78 is 27.8. The number of halogens is 1. The van der Waals surface area contributed by atoms with Gasteiger partial charge in [-0.25, -0.2) is 3.97 Å². The van der Waals surface area contributed by atoms with Crippen LogP contribution in [0.5, 0.6) is 0 Å². The molecule has 0 spiro atoms. The predicted octanol–water partition coefficient (Wildman–Crippen LogP) is 3.76. The van der Waals surface area contributed by atoms with Crippen LogP contribution in [-0.2, 0) is 16.4 Å². The van der Waals surface area contributed by atoms with E-state index in [0.29, 0.717) is 4.34 Å². The molecule has 0 atom stereocenters. The number of fused-ring (bicyclic) bond motifs is 1. The van der Waals surface area contributed by atoms with Gasteiger partial charge in [-0.15, -0.1) is 22.7 Å². The summed E-state index contributed by atoms with van der Waals surface area (Å²) in [6.45, 7) is 0.875. The third kappa shape index (κ3) is 2.83. The van der Waals surface area contributed by atoms with Crippen molar-refractivity contribution in [1.82, 2.24) is 8.87 Å². The summed E-state index contributed by atoms with van der Waals surface area (Å²) in [5, 5.41) is 2.94. The first-order valence-corrected chi connectivity index (χ1v) is 10.1. The van der Waals surface area contributed by atoms with Gasteiger partial charge in [0, 0.05) is 18.1 Å². The Morgan fingerprint density at radius 1 is 1.27 bits per heavy atom. The van der Waals surface area contributed by atoms with E-state index < -0.39 is 10.0 Å². The quantitative estimate of drug-likeness (QED) is 0.682. The number of aromatic nitrogens is 1. The van der Waals surface area contributed by atoms with Gasteiger partial charge in [-0.3, -0.25) is 0 Å². The van der Waals surface area contributed by atoms with Crippen LogP contribution in [0.4, 0.5) is 0 Å². The lowest BCUT2D eigenvalue weighted by atomic mass is 10.2. The van der Waals surface area contributed by atoms with Gasteiger partial charge < -0.3 is 4.90 Å². The highest BCUT2D eigenvalue weighted by atomic mass is 35.5. The molecule has 0 fully saturated rings. The Balaban J connectivity index is 2.09. The number of rotatable bonds is 5. The van der Waals surface area contributed by atoms with Crippen LogP contribution in [0.2, 0.25) is 4.34 Å². The summed E-state index contributed by atoms with van der Waals surface area (Å²) >= 11 is 8.40. The van der Waals surface area contributed by atoms with Crippen LogP contribution in [0.15, 0.2) is 34.0 Å². The zero-order valence-corrected chi connectivity index (χ0v) is 15.3. The molecule has 3 heterocycles. The second kappa shape index (κ2) is 5.98. The third-order valence-corrected chi connectivity index (χ3v) is 7.74. The van der Waals surface area contributed by atoms with Crippen molar-refractivity contribution in [3.63, 3.8) is 0 Å². The Bertz CT molecular complexity index is 906. The summed E-state index contributed by atoms with van der Waals surface area (Å²) in [5.74, 6) is 0. The summed E-state index contributed by atoms with van der Waals surface area (Å²) in [6, 6.07) is 5.15. The molecule has 118 valence electrons. The maximum atomic E-state index is 12.8. The van der Waals surface area contributed by atoms with Gasteiger partial charge in [0.25, 0.3) is 10.0 Å². The molecule has 0 saturated heterocycles. The van der Waals surface area contributed by atoms with Crippen LogP contribution in [0.1, 0.15) is 5.56 Å². The molecule has 0 radical (unpaired) electrons. The minimum absolute atomic E-state index is 0.266. The number of likely N-dealkylation sites (N-methyl/N-ethyl adjacent to an activating group) is 1. The average Bonchev–Trinajstić information content (AvgIpc) is 3.11. The largest absolute Gasteiger partial charge is 0.309 e. The van der Waals surface area contributed by atoms with Crippen molar-refractivity contribution in [2.75, 3.05) is 20.6 Å². The van der Waals surface area contributed by atoms with Crippen LogP contribution < -0.4 is 0 Å². The van der Waals surface area contributed by atoms with E-state index in [9.17, 15) is 8.42 Å². The maximum absolute atomic E-state index is 12.8. The van der Waals surface area contributed by atoms with Crippen molar-refractivity contribution in [2.45, 2.75) is 10.6 Å². The van der Waals surface area contributed by atoms with Gasteiger partial charge in [0.05, 0.1) is 4.34 Å². The highest BCUT2D eigenvalue weighted by Crippen LogP contribution is 2.33. The van der Waals surface area contributed by atoms with Gasteiger partial charge in [0.1, 0.15) is 9.04 Å². The lowest BCUT2D eigenvalue weighted by Crippen LogP contribution is -2.15. The van der Waals surface area contributed by atoms with Gasteiger partial charge >= 0.3 is 0 Å². The summed E-state index contributed by atoms with van der Waals surface area (Å²) in [7, 11) is 0.427. The smallest absolute Gasteiger partial charge is 0.278 e. The van der Waals surface area contributed by atoms with Crippen LogP contribution in [0.3, 0.4) is 0 Å². The van der Waals surface area contributed by atoms with Crippen molar-refractivity contribution >= 4 is 54.5 Å². The number of thiophene rings is 2. The molecule has 0 saturated carbocycles. The van der Waals surface area contributed by atoms with Gasteiger partial charge in [0.15, 0.2) is 0 Å². The molecule has 0 aromatic carbocycles. The Kier molecular flexibility index (Phi) is 4.35. The lowest BCUT2D eigenvalue weighted by Gasteiger charge is -2.07. The van der Waals surface area contributed by atoms with Crippen molar-refractivity contribution in [3.8, 4) is 0 Å². The van der Waals surface area contributed by atoms with Crippen LogP contribution in [-0.4, -0.2) is 37.9 Å². The molecular formula is C14H15ClN2O2S3. The zero-order chi connectivity index (χ0) is 15.9. The molecule has 0 aliphatic carbocycles. The molecule has 0 bridgehead atoms. The average molecular weight is 375 g/mol. The molecular weight excluding hydrogens is 360 g/mol. The van der Waals surface area contributed by atoms with Gasteiger partial charge in [-0.05, 0) is 49.7 Å². The van der Waals surface area contributed by atoms with E-state index in [-0.39, 0.29) is 4.21 Å². The monoisotopic (exact) mass is 374 g/mol. The minimum Gasteiger partial charge on any atom is -0.309 e. The fraction of sp³-hybridized carbons (Fsp3) is 0.286. The van der Waals surface area contributed by atoms with Gasteiger partial charge in [-0.1, -0.05) is 11.6 Å². The Morgan fingerprint density at radius 3 is 2.68 bits per heavy atom. The van der Waals surface area contributed by atoms with E-state index >= 15 is 0 Å². The molecule has 0 N–H and O–H groups in total. The molecule has 0 amide bonds. The van der Waals surface area contributed by atoms with Gasteiger partial charge in [0.2, 0.25) is 0 Å². The SMILES string of the molecule is CN(C)CCc1cn(S(=O)(=O)c2ccc(Cl)s2)c2sccc12. The van der Waals surface area contributed by atoms with E-state index in [1.807, 2.05) is 25.5 Å². The van der Waals surface area contributed by atoms with Crippen molar-refractivity contribution in [1.29, 1.82) is 0 Å². The predicted molar refractivity (Wildman–Crippen MR) is 94.0 cm³/mol. The lowest BCUT2D eigenvalue weighted by molar-refractivity contribution is 0.414. The number of hydrogen-bond acceptors (Lipinski definition) is 5. The zero-order valence-electron chi connectivity index (χ0n) is 12.1. The molecule has 3 aromatic heterocycles. The van der Waals surface area contributed by atoms with Crippen molar-refractivity contribution in [2.24, 2.45) is 0 Å². The van der Waals surface area contributed by atoms with Crippen molar-refractivity contribution in [3.05, 3.63) is 39.7 Å². The first kappa shape index (κ1) is 16.0. The molecule has 22 heavy (non-hydrogen) atoms. The van der Waals surface area contributed by atoms with E-state index in [2.05, 4.69) is 4.90 Å². The normalized spacial score (nSPS) is 12.5. The Hall–Kier alpha value is -0.860. The second-order valence-corrected chi connectivity index (χ2v) is 9.86. The van der Waals surface area contributed by atoms with Crippen molar-refractivity contribution < 1.29 is 8.42 Å². The number of hydrogen-bond donors (Lipinski definition) is 0. The third-order valence-electron chi connectivity index (χ3n) is 3.35. The highest BCUT2D eigenvalue weighted by Gasteiger charge is 2.23. The molecule has 4 nitrogen and oxygen atoms in total. The standard InChI is InChI=1S/C14H15ClN2O2S3/c1-16(2)7-5-10-9-17(14-11(10)6-8-20-14)22(18,19)13-4-3-12(15)21-13/h3-4,6,8-9H,5,7H2,1-2H3. The van der Waals surface area contributed by atoms with Crippen LogP contribution in [0, 0.1) is 0 Å². The Morgan fingerprint density at radius 2 is 2.05 bits per heavy atom. The highest BCUT2D eigenvalue weighted by molar-refractivity contribution is 7.92. The molecule has 0 unspecified atom stereocenters. The summed E-state index contributed by atoms with van der Waals surface area (Å²) in [4.78, 5) is 2.85. The van der Waals surface area contributed by atoms with E-state index in [1.54, 1.807) is 18.3 Å². The van der Waals surface area contributed by atoms with E-state index in [0.717, 1.165) is 40.1 Å². The molecule has 8 heteroatoms.